The zero-order valence-electron chi connectivity index (χ0n) is 16.6. The highest BCUT2D eigenvalue weighted by Crippen LogP contribution is 2.40. The number of carbonyl (C=O) groups excluding carboxylic acids is 2. The van der Waals surface area contributed by atoms with Crippen LogP contribution in [0.5, 0.6) is 0 Å². The molecule has 2 amide bonds. The van der Waals surface area contributed by atoms with Crippen LogP contribution in [0, 0.1) is 12.7 Å². The molecule has 2 aromatic heterocycles. The van der Waals surface area contributed by atoms with E-state index in [1.807, 2.05) is 34.9 Å². The number of rotatable bonds is 4. The van der Waals surface area contributed by atoms with Gasteiger partial charge in [0.2, 0.25) is 11.8 Å². The molecule has 0 saturated carbocycles. The van der Waals surface area contributed by atoms with Crippen LogP contribution in [0.4, 0.5) is 4.39 Å². The monoisotopic (exact) mass is 396 g/mol. The summed E-state index contributed by atoms with van der Waals surface area (Å²) in [5.41, 5.74) is 2.23. The predicted octanol–water partition coefficient (Wildman–Crippen LogP) is 2.65. The second-order valence-corrected chi connectivity index (χ2v) is 8.00. The molecule has 4 heterocycles. The number of pyridine rings is 2. The van der Waals surface area contributed by atoms with Gasteiger partial charge in [-0.05, 0) is 50.5 Å². The van der Waals surface area contributed by atoms with Crippen LogP contribution in [0.25, 0.3) is 0 Å². The summed E-state index contributed by atoms with van der Waals surface area (Å²) in [6.07, 6.45) is 4.23. The number of aromatic nitrogens is 2. The fourth-order valence-corrected chi connectivity index (χ4v) is 4.45. The van der Waals surface area contributed by atoms with Gasteiger partial charge in [0.1, 0.15) is 5.82 Å². The summed E-state index contributed by atoms with van der Waals surface area (Å²) in [5, 5.41) is 0. The Morgan fingerprint density at radius 3 is 2.62 bits per heavy atom. The van der Waals surface area contributed by atoms with E-state index in [0.29, 0.717) is 31.7 Å². The molecule has 0 bridgehead atoms. The molecule has 7 heteroatoms. The molecule has 4 rings (SSSR count). The Bertz CT molecular complexity index is 907. The molecular formula is C22H25FN4O2. The molecule has 2 aromatic rings. The lowest BCUT2D eigenvalue weighted by molar-refractivity contribution is -0.136. The van der Waals surface area contributed by atoms with Crippen molar-refractivity contribution in [3.05, 3.63) is 59.4 Å². The number of hydrogen-bond donors (Lipinski definition) is 0. The molecule has 2 fully saturated rings. The van der Waals surface area contributed by atoms with Crippen molar-refractivity contribution in [2.24, 2.45) is 0 Å². The van der Waals surface area contributed by atoms with Gasteiger partial charge in [0.25, 0.3) is 0 Å². The minimum absolute atomic E-state index is 0.00446. The topological polar surface area (TPSA) is 66.4 Å². The third-order valence-corrected chi connectivity index (χ3v) is 6.11. The number of amides is 2. The highest BCUT2D eigenvalue weighted by atomic mass is 19.1. The van der Waals surface area contributed by atoms with Gasteiger partial charge in [-0.1, -0.05) is 6.07 Å². The zero-order chi connectivity index (χ0) is 20.4. The third-order valence-electron chi connectivity index (χ3n) is 6.11. The molecule has 0 unspecified atom stereocenters. The standard InChI is InChI=1S/C22H25FN4O2/c1-16-3-2-4-19(25-16)15-27-20(28)7-8-22(27)9-11-26(12-10-22)21(29)13-18-6-5-17(23)14-24-18/h2-6,14H,7-13,15H2,1H3. The zero-order valence-corrected chi connectivity index (χ0v) is 16.6. The first kappa shape index (κ1) is 19.5. The van der Waals surface area contributed by atoms with Gasteiger partial charge in [-0.25, -0.2) is 4.39 Å². The number of piperidine rings is 1. The molecule has 29 heavy (non-hydrogen) atoms. The first-order valence-electron chi connectivity index (χ1n) is 10.1. The van der Waals surface area contributed by atoms with Crippen LogP contribution in [-0.2, 0) is 22.6 Å². The summed E-state index contributed by atoms with van der Waals surface area (Å²) in [7, 11) is 0. The second-order valence-electron chi connectivity index (χ2n) is 8.00. The molecule has 0 atom stereocenters. The molecule has 6 nitrogen and oxygen atoms in total. The number of nitrogens with zero attached hydrogens (tertiary/aromatic N) is 4. The van der Waals surface area contributed by atoms with Crippen molar-refractivity contribution < 1.29 is 14.0 Å². The van der Waals surface area contributed by atoms with Gasteiger partial charge in [0.05, 0.1) is 24.9 Å². The maximum atomic E-state index is 13.0. The Balaban J connectivity index is 1.40. The summed E-state index contributed by atoms with van der Waals surface area (Å²) >= 11 is 0. The molecule has 0 aromatic carbocycles. The molecule has 152 valence electrons. The highest BCUT2D eigenvalue weighted by molar-refractivity contribution is 5.80. The van der Waals surface area contributed by atoms with Crippen molar-refractivity contribution >= 4 is 11.8 Å². The van der Waals surface area contributed by atoms with E-state index in [4.69, 9.17) is 0 Å². The van der Waals surface area contributed by atoms with Crippen molar-refractivity contribution in [1.29, 1.82) is 0 Å². The van der Waals surface area contributed by atoms with Crippen molar-refractivity contribution in [2.75, 3.05) is 13.1 Å². The van der Waals surface area contributed by atoms with Gasteiger partial charge < -0.3 is 9.80 Å². The molecule has 0 N–H and O–H groups in total. The summed E-state index contributed by atoms with van der Waals surface area (Å²) in [6.45, 7) is 3.70. The number of aryl methyl sites for hydroxylation is 1. The van der Waals surface area contributed by atoms with Crippen molar-refractivity contribution in [2.45, 2.75) is 51.1 Å². The lowest BCUT2D eigenvalue weighted by Crippen LogP contribution is -2.54. The maximum Gasteiger partial charge on any atom is 0.228 e. The molecule has 0 radical (unpaired) electrons. The smallest absolute Gasteiger partial charge is 0.228 e. The highest BCUT2D eigenvalue weighted by Gasteiger charge is 2.47. The first-order chi connectivity index (χ1) is 13.9. The van der Waals surface area contributed by atoms with E-state index in [9.17, 15) is 14.0 Å². The van der Waals surface area contributed by atoms with E-state index in [0.717, 1.165) is 36.8 Å². The van der Waals surface area contributed by atoms with Gasteiger partial charge >= 0.3 is 0 Å². The molecule has 2 aliphatic heterocycles. The normalized spacial score (nSPS) is 18.5. The third kappa shape index (κ3) is 4.13. The number of hydrogen-bond acceptors (Lipinski definition) is 4. The largest absolute Gasteiger partial charge is 0.342 e. The van der Waals surface area contributed by atoms with E-state index in [1.54, 1.807) is 6.07 Å². The summed E-state index contributed by atoms with van der Waals surface area (Å²) in [5.74, 6) is -0.242. The van der Waals surface area contributed by atoms with Crippen molar-refractivity contribution in [1.82, 2.24) is 19.8 Å². The lowest BCUT2D eigenvalue weighted by atomic mass is 9.84. The van der Waals surface area contributed by atoms with Crippen LogP contribution in [0.1, 0.15) is 42.8 Å². The van der Waals surface area contributed by atoms with Gasteiger partial charge in [0, 0.05) is 36.4 Å². The van der Waals surface area contributed by atoms with Crippen LogP contribution in [-0.4, -0.2) is 50.2 Å². The minimum atomic E-state index is -0.407. The minimum Gasteiger partial charge on any atom is -0.342 e. The van der Waals surface area contributed by atoms with E-state index >= 15 is 0 Å². The molecular weight excluding hydrogens is 371 g/mol. The van der Waals surface area contributed by atoms with Crippen LogP contribution >= 0.6 is 0 Å². The fraction of sp³-hybridized carbons (Fsp3) is 0.455. The average Bonchev–Trinajstić information content (AvgIpc) is 3.00. The number of likely N-dealkylation sites (tertiary alicyclic amines) is 2. The lowest BCUT2D eigenvalue weighted by Gasteiger charge is -2.45. The van der Waals surface area contributed by atoms with Crippen molar-refractivity contribution in [3.63, 3.8) is 0 Å². The Morgan fingerprint density at radius 1 is 1.14 bits per heavy atom. The first-order valence-corrected chi connectivity index (χ1v) is 10.1. The van der Waals surface area contributed by atoms with Crippen molar-refractivity contribution in [3.8, 4) is 0 Å². The molecule has 2 saturated heterocycles. The Kier molecular flexibility index (Phi) is 5.30. The van der Waals surface area contributed by atoms with Gasteiger partial charge in [-0.15, -0.1) is 0 Å². The predicted molar refractivity (Wildman–Crippen MR) is 105 cm³/mol. The van der Waals surface area contributed by atoms with Gasteiger partial charge in [0.15, 0.2) is 0 Å². The van der Waals surface area contributed by atoms with Crippen LogP contribution < -0.4 is 0 Å². The van der Waals surface area contributed by atoms with E-state index < -0.39 is 5.82 Å². The van der Waals surface area contributed by atoms with Crippen LogP contribution in [0.3, 0.4) is 0 Å². The Hall–Kier alpha value is -2.83. The quantitative estimate of drug-likeness (QED) is 0.797. The van der Waals surface area contributed by atoms with E-state index in [-0.39, 0.29) is 23.8 Å². The van der Waals surface area contributed by atoms with Gasteiger partial charge in [-0.2, -0.15) is 0 Å². The van der Waals surface area contributed by atoms with Crippen LogP contribution in [0.2, 0.25) is 0 Å². The summed E-state index contributed by atoms with van der Waals surface area (Å²) in [6, 6.07) is 8.74. The molecule has 0 aliphatic carbocycles. The Labute approximate surface area is 169 Å². The molecule has 1 spiro atoms. The number of halogens is 1. The summed E-state index contributed by atoms with van der Waals surface area (Å²) in [4.78, 5) is 37.6. The van der Waals surface area contributed by atoms with E-state index in [1.165, 1.54) is 6.07 Å². The molecule has 2 aliphatic rings. The maximum absolute atomic E-state index is 13.0. The van der Waals surface area contributed by atoms with E-state index in [2.05, 4.69) is 9.97 Å². The fourth-order valence-electron chi connectivity index (χ4n) is 4.45. The Morgan fingerprint density at radius 2 is 1.93 bits per heavy atom. The second kappa shape index (κ2) is 7.89. The van der Waals surface area contributed by atoms with Gasteiger partial charge in [-0.3, -0.25) is 19.6 Å². The summed E-state index contributed by atoms with van der Waals surface area (Å²) < 4.78 is 13.0. The van der Waals surface area contributed by atoms with Crippen LogP contribution in [0.15, 0.2) is 36.5 Å². The SMILES string of the molecule is Cc1cccc(CN2C(=O)CCC23CCN(C(=O)Cc2ccc(F)cn2)CC3)n1. The average molecular weight is 396 g/mol. The number of carbonyl (C=O) groups is 2.